The van der Waals surface area contributed by atoms with Crippen LogP contribution in [0.1, 0.15) is 11.5 Å². The Hall–Kier alpha value is -2.76. The maximum Gasteiger partial charge on any atom is 0.416 e. The number of anilines is 2. The summed E-state index contributed by atoms with van der Waals surface area (Å²) in [4.78, 5) is 7.62. The van der Waals surface area contributed by atoms with E-state index < -0.39 is 11.7 Å². The van der Waals surface area contributed by atoms with Gasteiger partial charge in [-0.2, -0.15) is 23.4 Å². The van der Waals surface area contributed by atoms with E-state index in [1.54, 1.807) is 12.1 Å². The van der Waals surface area contributed by atoms with Crippen LogP contribution in [0.2, 0.25) is 0 Å². The summed E-state index contributed by atoms with van der Waals surface area (Å²) in [5.74, 6) is 0.213. The fourth-order valence-corrected chi connectivity index (χ4v) is 2.43. The maximum atomic E-state index is 12.8. The molecular formula is C14H12F3N5O. The fraction of sp³-hybridized carbons (Fsp3) is 0.357. The van der Waals surface area contributed by atoms with Gasteiger partial charge in [0.05, 0.1) is 5.56 Å². The van der Waals surface area contributed by atoms with Crippen LogP contribution >= 0.6 is 0 Å². The van der Waals surface area contributed by atoms with E-state index in [0.717, 1.165) is 12.1 Å². The zero-order valence-corrected chi connectivity index (χ0v) is 11.9. The minimum absolute atomic E-state index is 0.111. The van der Waals surface area contributed by atoms with Crippen molar-refractivity contribution in [1.82, 2.24) is 10.1 Å². The van der Waals surface area contributed by atoms with Crippen molar-refractivity contribution >= 4 is 11.6 Å². The second-order valence-corrected chi connectivity index (χ2v) is 5.03. The van der Waals surface area contributed by atoms with Crippen molar-refractivity contribution in [3.8, 4) is 6.07 Å². The van der Waals surface area contributed by atoms with Crippen molar-refractivity contribution in [2.24, 2.45) is 0 Å². The Labute approximate surface area is 129 Å². The minimum atomic E-state index is -4.35. The van der Waals surface area contributed by atoms with Crippen LogP contribution in [0, 0.1) is 11.3 Å². The first-order valence-corrected chi connectivity index (χ1v) is 6.88. The first kappa shape index (κ1) is 15.1. The Bertz CT molecular complexity index is 728. The molecule has 0 saturated carbocycles. The molecule has 0 bridgehead atoms. The summed E-state index contributed by atoms with van der Waals surface area (Å²) in [5.41, 5.74) is -0.125. The summed E-state index contributed by atoms with van der Waals surface area (Å²) >= 11 is 0. The van der Waals surface area contributed by atoms with Crippen LogP contribution in [-0.2, 0) is 6.18 Å². The normalized spacial score (nSPS) is 15.6. The van der Waals surface area contributed by atoms with Gasteiger partial charge in [0.2, 0.25) is 0 Å². The highest BCUT2D eigenvalue weighted by molar-refractivity contribution is 5.51. The third-order valence-corrected chi connectivity index (χ3v) is 3.61. The summed E-state index contributed by atoms with van der Waals surface area (Å²) < 4.78 is 43.1. The predicted molar refractivity (Wildman–Crippen MR) is 74.9 cm³/mol. The summed E-state index contributed by atoms with van der Waals surface area (Å²) in [6.45, 7) is 2.11. The van der Waals surface area contributed by atoms with Gasteiger partial charge < -0.3 is 14.3 Å². The maximum absolute atomic E-state index is 12.8. The number of halogens is 3. The largest absolute Gasteiger partial charge is 0.416 e. The van der Waals surface area contributed by atoms with E-state index in [2.05, 4.69) is 10.1 Å². The van der Waals surface area contributed by atoms with E-state index in [1.165, 1.54) is 6.07 Å². The van der Waals surface area contributed by atoms with Crippen molar-refractivity contribution in [3.05, 3.63) is 35.7 Å². The molecule has 6 nitrogen and oxygen atoms in total. The Morgan fingerprint density at radius 2 is 1.83 bits per heavy atom. The van der Waals surface area contributed by atoms with Crippen molar-refractivity contribution in [2.45, 2.75) is 6.18 Å². The number of piperazine rings is 1. The molecule has 2 heterocycles. The lowest BCUT2D eigenvalue weighted by atomic mass is 10.1. The molecule has 0 aliphatic carbocycles. The van der Waals surface area contributed by atoms with Crippen LogP contribution in [0.4, 0.5) is 24.8 Å². The van der Waals surface area contributed by atoms with E-state index in [1.807, 2.05) is 9.80 Å². The Balaban J connectivity index is 1.68. The zero-order chi connectivity index (χ0) is 16.4. The number of aromatic nitrogens is 2. The zero-order valence-electron chi connectivity index (χ0n) is 11.9. The number of nitrogens with zero attached hydrogens (tertiary/aromatic N) is 5. The van der Waals surface area contributed by atoms with Crippen molar-refractivity contribution in [2.75, 3.05) is 36.0 Å². The monoisotopic (exact) mass is 323 g/mol. The molecule has 0 unspecified atom stereocenters. The number of alkyl halides is 3. The summed E-state index contributed by atoms with van der Waals surface area (Å²) in [6.07, 6.45) is -4.35. The standard InChI is InChI=1S/C14H12F3N5O/c15-14(16,17)10-2-1-3-11(8-10)21-4-6-22(7-5-21)13-19-12(9-18)23-20-13/h1-3,8H,4-7H2. The topological polar surface area (TPSA) is 69.2 Å². The minimum Gasteiger partial charge on any atom is -0.368 e. The summed E-state index contributed by atoms with van der Waals surface area (Å²) in [6, 6.07) is 7.03. The van der Waals surface area contributed by atoms with Gasteiger partial charge in [-0.25, -0.2) is 0 Å². The lowest BCUT2D eigenvalue weighted by molar-refractivity contribution is -0.137. The molecule has 1 aliphatic heterocycles. The molecule has 1 aromatic heterocycles. The van der Waals surface area contributed by atoms with Crippen LogP contribution in [0.15, 0.2) is 28.8 Å². The molecule has 1 saturated heterocycles. The van der Waals surface area contributed by atoms with Gasteiger partial charge in [0, 0.05) is 31.9 Å². The second kappa shape index (κ2) is 5.79. The summed E-state index contributed by atoms with van der Waals surface area (Å²) in [7, 11) is 0. The Kier molecular flexibility index (Phi) is 3.82. The van der Waals surface area contributed by atoms with Gasteiger partial charge in [0.15, 0.2) is 6.07 Å². The number of benzene rings is 1. The molecule has 0 spiro atoms. The first-order valence-electron chi connectivity index (χ1n) is 6.88. The predicted octanol–water partition coefficient (Wildman–Crippen LogP) is 2.29. The molecular weight excluding hydrogens is 311 g/mol. The van der Waals surface area contributed by atoms with Crippen LogP contribution < -0.4 is 9.80 Å². The fourth-order valence-electron chi connectivity index (χ4n) is 2.43. The van der Waals surface area contributed by atoms with E-state index in [4.69, 9.17) is 9.78 Å². The van der Waals surface area contributed by atoms with E-state index in [0.29, 0.717) is 37.8 Å². The highest BCUT2D eigenvalue weighted by atomic mass is 19.4. The smallest absolute Gasteiger partial charge is 0.368 e. The number of rotatable bonds is 2. The average Bonchev–Trinajstić information content (AvgIpc) is 3.03. The molecule has 0 amide bonds. The third kappa shape index (κ3) is 3.21. The quantitative estimate of drug-likeness (QED) is 0.844. The third-order valence-electron chi connectivity index (χ3n) is 3.61. The van der Waals surface area contributed by atoms with Gasteiger partial charge in [-0.15, -0.1) is 0 Å². The highest BCUT2D eigenvalue weighted by Gasteiger charge is 2.31. The molecule has 9 heteroatoms. The Morgan fingerprint density at radius 1 is 1.13 bits per heavy atom. The van der Waals surface area contributed by atoms with Crippen LogP contribution in [0.25, 0.3) is 0 Å². The lowest BCUT2D eigenvalue weighted by Gasteiger charge is -2.35. The molecule has 2 aromatic rings. The molecule has 3 rings (SSSR count). The van der Waals surface area contributed by atoms with E-state index in [9.17, 15) is 13.2 Å². The van der Waals surface area contributed by atoms with Gasteiger partial charge in [0.25, 0.3) is 5.95 Å². The molecule has 0 N–H and O–H groups in total. The van der Waals surface area contributed by atoms with E-state index >= 15 is 0 Å². The van der Waals surface area contributed by atoms with Crippen molar-refractivity contribution < 1.29 is 17.7 Å². The molecule has 1 aromatic carbocycles. The number of hydrogen-bond donors (Lipinski definition) is 0. The van der Waals surface area contributed by atoms with Gasteiger partial charge in [-0.1, -0.05) is 6.07 Å². The summed E-state index contributed by atoms with van der Waals surface area (Å²) in [5, 5.41) is 12.4. The molecule has 23 heavy (non-hydrogen) atoms. The molecule has 1 aliphatic rings. The highest BCUT2D eigenvalue weighted by Crippen LogP contribution is 2.32. The van der Waals surface area contributed by atoms with Gasteiger partial charge in [-0.05, 0) is 23.4 Å². The molecule has 0 atom stereocenters. The van der Waals surface area contributed by atoms with Crippen LogP contribution in [-0.4, -0.2) is 36.3 Å². The number of nitriles is 1. The number of hydrogen-bond acceptors (Lipinski definition) is 6. The molecule has 120 valence electrons. The SMILES string of the molecule is N#Cc1nc(N2CCN(c3cccc(C(F)(F)F)c3)CC2)no1. The average molecular weight is 323 g/mol. The van der Waals surface area contributed by atoms with E-state index in [-0.39, 0.29) is 5.89 Å². The van der Waals surface area contributed by atoms with Crippen molar-refractivity contribution in [3.63, 3.8) is 0 Å². The van der Waals surface area contributed by atoms with Gasteiger partial charge in [-0.3, -0.25) is 0 Å². The molecule has 0 radical (unpaired) electrons. The van der Waals surface area contributed by atoms with Crippen LogP contribution in [0.5, 0.6) is 0 Å². The van der Waals surface area contributed by atoms with Crippen molar-refractivity contribution in [1.29, 1.82) is 5.26 Å². The second-order valence-electron chi connectivity index (χ2n) is 5.03. The lowest BCUT2D eigenvalue weighted by Crippen LogP contribution is -2.47. The van der Waals surface area contributed by atoms with Gasteiger partial charge >= 0.3 is 12.1 Å². The molecule has 1 fully saturated rings. The van der Waals surface area contributed by atoms with Crippen LogP contribution in [0.3, 0.4) is 0 Å². The van der Waals surface area contributed by atoms with Gasteiger partial charge in [0.1, 0.15) is 0 Å². The first-order chi connectivity index (χ1) is 11.0. The Morgan fingerprint density at radius 3 is 2.43 bits per heavy atom.